The van der Waals surface area contributed by atoms with E-state index in [1.807, 2.05) is 6.07 Å². The first kappa shape index (κ1) is 20.2. The molecule has 1 aromatic heterocycles. The molecular weight excluding hydrogens is 338 g/mol. The van der Waals surface area contributed by atoms with Crippen molar-refractivity contribution in [1.29, 1.82) is 0 Å². The first-order chi connectivity index (χ1) is 13.3. The lowest BCUT2D eigenvalue weighted by Gasteiger charge is -2.32. The Bertz CT molecular complexity index is 545. The summed E-state index contributed by atoms with van der Waals surface area (Å²) in [5, 5.41) is 6.99. The minimum Gasteiger partial charge on any atom is -0.468 e. The fourth-order valence-corrected chi connectivity index (χ4v) is 4.12. The zero-order valence-corrected chi connectivity index (χ0v) is 17.1. The Morgan fingerprint density at radius 3 is 2.63 bits per heavy atom. The monoisotopic (exact) mass is 375 g/mol. The molecule has 3 rings (SSSR count). The molecule has 0 amide bonds. The summed E-state index contributed by atoms with van der Waals surface area (Å²) in [6.07, 6.45) is 8.20. The molecule has 0 spiro atoms. The Hall–Kier alpha value is -1.53. The summed E-state index contributed by atoms with van der Waals surface area (Å²) in [6, 6.07) is 4.31. The molecule has 2 fully saturated rings. The Kier molecular flexibility index (Phi) is 8.02. The number of aliphatic imine (C=N–C) groups is 1. The number of rotatable bonds is 7. The maximum atomic E-state index is 5.75. The Morgan fingerprint density at radius 1 is 1.19 bits per heavy atom. The average Bonchev–Trinajstić information content (AvgIpc) is 3.23. The van der Waals surface area contributed by atoms with Crippen LogP contribution in [-0.4, -0.2) is 68.6 Å². The molecule has 6 heteroatoms. The minimum absolute atomic E-state index is 0.235. The summed E-state index contributed by atoms with van der Waals surface area (Å²) < 4.78 is 5.75. The highest BCUT2D eigenvalue weighted by molar-refractivity contribution is 5.79. The number of piperidine rings is 2. The molecule has 3 heterocycles. The number of nitrogens with zero attached hydrogens (tertiary/aromatic N) is 3. The highest BCUT2D eigenvalue weighted by Gasteiger charge is 2.24. The SMILES string of the molecule is CCNC(=NCC(c1ccco1)N1CCCCC1)NCC1CCN(C)CC1. The van der Waals surface area contributed by atoms with Crippen molar-refractivity contribution in [3.05, 3.63) is 24.2 Å². The minimum atomic E-state index is 0.235. The van der Waals surface area contributed by atoms with E-state index in [4.69, 9.17) is 9.41 Å². The molecule has 2 saturated heterocycles. The van der Waals surface area contributed by atoms with E-state index in [2.05, 4.69) is 40.5 Å². The molecule has 1 atom stereocenters. The van der Waals surface area contributed by atoms with Crippen LogP contribution in [0, 0.1) is 5.92 Å². The van der Waals surface area contributed by atoms with E-state index >= 15 is 0 Å². The quantitative estimate of drug-likeness (QED) is 0.567. The zero-order valence-electron chi connectivity index (χ0n) is 17.1. The van der Waals surface area contributed by atoms with Crippen LogP contribution >= 0.6 is 0 Å². The van der Waals surface area contributed by atoms with Gasteiger partial charge in [-0.05, 0) is 83.9 Å². The van der Waals surface area contributed by atoms with Gasteiger partial charge in [-0.25, -0.2) is 0 Å². The third-order valence-corrected chi connectivity index (χ3v) is 5.87. The molecule has 2 aliphatic rings. The number of hydrogen-bond donors (Lipinski definition) is 2. The van der Waals surface area contributed by atoms with Crippen LogP contribution in [0.15, 0.2) is 27.8 Å². The normalized spacial score (nSPS) is 21.9. The van der Waals surface area contributed by atoms with E-state index in [-0.39, 0.29) is 6.04 Å². The zero-order chi connectivity index (χ0) is 18.9. The van der Waals surface area contributed by atoms with Gasteiger partial charge in [0.05, 0.1) is 18.8 Å². The van der Waals surface area contributed by atoms with Gasteiger partial charge in [0.2, 0.25) is 0 Å². The highest BCUT2D eigenvalue weighted by Crippen LogP contribution is 2.25. The lowest BCUT2D eigenvalue weighted by atomic mass is 9.97. The van der Waals surface area contributed by atoms with Crippen LogP contribution in [0.3, 0.4) is 0 Å². The summed E-state index contributed by atoms with van der Waals surface area (Å²) in [6.45, 7) is 9.44. The van der Waals surface area contributed by atoms with Crippen LogP contribution in [0.4, 0.5) is 0 Å². The van der Waals surface area contributed by atoms with Gasteiger partial charge < -0.3 is 20.0 Å². The number of hydrogen-bond acceptors (Lipinski definition) is 4. The molecule has 1 unspecified atom stereocenters. The van der Waals surface area contributed by atoms with Gasteiger partial charge in [0.25, 0.3) is 0 Å². The molecule has 2 aliphatic heterocycles. The second-order valence-electron chi connectivity index (χ2n) is 7.98. The standard InChI is InChI=1S/C21H37N5O/c1-3-22-21(23-16-18-9-13-25(2)14-10-18)24-17-19(20-8-7-15-27-20)26-11-5-4-6-12-26/h7-8,15,18-19H,3-6,9-14,16-17H2,1-2H3,(H2,22,23,24). The van der Waals surface area contributed by atoms with Gasteiger partial charge in [0.1, 0.15) is 5.76 Å². The van der Waals surface area contributed by atoms with E-state index in [9.17, 15) is 0 Å². The first-order valence-electron chi connectivity index (χ1n) is 10.7. The summed E-state index contributed by atoms with van der Waals surface area (Å²) in [5.74, 6) is 2.71. The molecule has 1 aromatic rings. The van der Waals surface area contributed by atoms with Gasteiger partial charge in [-0.1, -0.05) is 6.42 Å². The second kappa shape index (κ2) is 10.7. The molecular formula is C21H37N5O. The maximum absolute atomic E-state index is 5.75. The van der Waals surface area contributed by atoms with Crippen molar-refractivity contribution in [2.45, 2.75) is 45.1 Å². The summed E-state index contributed by atoms with van der Waals surface area (Å²) >= 11 is 0. The van der Waals surface area contributed by atoms with Crippen LogP contribution in [-0.2, 0) is 0 Å². The number of likely N-dealkylation sites (tertiary alicyclic amines) is 2. The summed E-state index contributed by atoms with van der Waals surface area (Å²) in [7, 11) is 2.21. The van der Waals surface area contributed by atoms with Gasteiger partial charge in [-0.3, -0.25) is 9.89 Å². The van der Waals surface area contributed by atoms with E-state index in [0.29, 0.717) is 0 Å². The smallest absolute Gasteiger partial charge is 0.191 e. The van der Waals surface area contributed by atoms with Crippen molar-refractivity contribution in [2.24, 2.45) is 10.9 Å². The van der Waals surface area contributed by atoms with Gasteiger partial charge in [-0.2, -0.15) is 0 Å². The maximum Gasteiger partial charge on any atom is 0.191 e. The lowest BCUT2D eigenvalue weighted by molar-refractivity contribution is 0.150. The molecule has 27 heavy (non-hydrogen) atoms. The molecule has 0 bridgehead atoms. The van der Waals surface area contributed by atoms with E-state index in [1.165, 1.54) is 45.2 Å². The molecule has 0 aliphatic carbocycles. The van der Waals surface area contributed by atoms with E-state index < -0.39 is 0 Å². The summed E-state index contributed by atoms with van der Waals surface area (Å²) in [5.41, 5.74) is 0. The van der Waals surface area contributed by atoms with Crippen LogP contribution in [0.5, 0.6) is 0 Å². The number of guanidine groups is 1. The molecule has 6 nitrogen and oxygen atoms in total. The predicted octanol–water partition coefficient (Wildman–Crippen LogP) is 2.70. The van der Waals surface area contributed by atoms with Gasteiger partial charge in [0.15, 0.2) is 5.96 Å². The lowest BCUT2D eigenvalue weighted by Crippen LogP contribution is -2.43. The Morgan fingerprint density at radius 2 is 1.96 bits per heavy atom. The largest absolute Gasteiger partial charge is 0.468 e. The summed E-state index contributed by atoms with van der Waals surface area (Å²) in [4.78, 5) is 9.88. The Balaban J connectivity index is 1.58. The third-order valence-electron chi connectivity index (χ3n) is 5.87. The fraction of sp³-hybridized carbons (Fsp3) is 0.762. The fourth-order valence-electron chi connectivity index (χ4n) is 4.12. The first-order valence-corrected chi connectivity index (χ1v) is 10.7. The Labute approximate surface area is 164 Å². The van der Waals surface area contributed by atoms with Crippen LogP contribution in [0.1, 0.15) is 50.8 Å². The average molecular weight is 376 g/mol. The van der Waals surface area contributed by atoms with Gasteiger partial charge in [-0.15, -0.1) is 0 Å². The molecule has 0 aromatic carbocycles. The van der Waals surface area contributed by atoms with Crippen molar-refractivity contribution >= 4 is 5.96 Å². The highest BCUT2D eigenvalue weighted by atomic mass is 16.3. The third kappa shape index (κ3) is 6.25. The van der Waals surface area contributed by atoms with Gasteiger partial charge in [0, 0.05) is 13.1 Å². The van der Waals surface area contributed by atoms with Crippen LogP contribution in [0.2, 0.25) is 0 Å². The van der Waals surface area contributed by atoms with Crippen molar-refractivity contribution in [3.63, 3.8) is 0 Å². The van der Waals surface area contributed by atoms with Crippen LogP contribution in [0.25, 0.3) is 0 Å². The van der Waals surface area contributed by atoms with E-state index in [0.717, 1.165) is 50.4 Å². The van der Waals surface area contributed by atoms with Crippen molar-refractivity contribution in [3.8, 4) is 0 Å². The van der Waals surface area contributed by atoms with Crippen molar-refractivity contribution in [2.75, 3.05) is 52.9 Å². The van der Waals surface area contributed by atoms with Crippen LogP contribution < -0.4 is 10.6 Å². The van der Waals surface area contributed by atoms with Gasteiger partial charge >= 0.3 is 0 Å². The molecule has 0 radical (unpaired) electrons. The molecule has 0 saturated carbocycles. The second-order valence-corrected chi connectivity index (χ2v) is 7.98. The predicted molar refractivity (Wildman–Crippen MR) is 111 cm³/mol. The topological polar surface area (TPSA) is 56.0 Å². The number of nitrogens with one attached hydrogen (secondary N) is 2. The van der Waals surface area contributed by atoms with Crippen molar-refractivity contribution in [1.82, 2.24) is 20.4 Å². The number of furan rings is 1. The molecule has 2 N–H and O–H groups in total. The van der Waals surface area contributed by atoms with E-state index in [1.54, 1.807) is 6.26 Å². The van der Waals surface area contributed by atoms with Crippen molar-refractivity contribution < 1.29 is 4.42 Å². The molecule has 152 valence electrons.